The fourth-order valence-corrected chi connectivity index (χ4v) is 3.47. The maximum Gasteiger partial charge on any atom is 0.353 e. The van der Waals surface area contributed by atoms with E-state index in [2.05, 4.69) is 0 Å². The molecule has 0 spiro atoms. The first-order chi connectivity index (χ1) is 11.2. The summed E-state index contributed by atoms with van der Waals surface area (Å²) in [6, 6.07) is 6.27. The number of carboxylic acid groups (broad SMARTS) is 1. The number of hydrogen-bond donors (Lipinski definition) is 1. The normalized spacial score (nSPS) is 11.1. The van der Waals surface area contributed by atoms with Gasteiger partial charge in [-0.25, -0.2) is 17.2 Å². The molecule has 2 rings (SSSR count). The Labute approximate surface area is 138 Å². The van der Waals surface area contributed by atoms with Crippen LogP contribution < -0.4 is 4.74 Å². The number of nitrogens with zero attached hydrogens (tertiary/aromatic N) is 2. The summed E-state index contributed by atoms with van der Waals surface area (Å²) in [7, 11) is 0.247. The first-order valence-electron chi connectivity index (χ1n) is 6.76. The van der Waals surface area contributed by atoms with Crippen LogP contribution in [-0.2, 0) is 10.0 Å². The van der Waals surface area contributed by atoms with Gasteiger partial charge in [-0.1, -0.05) is 0 Å². The average molecular weight is 352 g/mol. The predicted octanol–water partition coefficient (Wildman–Crippen LogP) is 1.13. The van der Waals surface area contributed by atoms with E-state index in [1.807, 2.05) is 0 Å². The van der Waals surface area contributed by atoms with Crippen LogP contribution >= 0.6 is 0 Å². The molecule has 0 saturated heterocycles. The smallest absolute Gasteiger partial charge is 0.353 e. The number of methoxy groups -OCH3 is 1. The van der Waals surface area contributed by atoms with Crippen molar-refractivity contribution in [3.05, 3.63) is 47.8 Å². The van der Waals surface area contributed by atoms with Crippen LogP contribution in [0.5, 0.6) is 5.75 Å². The van der Waals surface area contributed by atoms with Gasteiger partial charge in [0.1, 0.15) is 11.4 Å². The molecule has 0 bridgehead atoms. The number of carboxylic acids is 1. The molecule has 24 heavy (non-hydrogen) atoms. The summed E-state index contributed by atoms with van der Waals surface area (Å²) in [5.74, 6) is -1.59. The molecule has 0 aliphatic heterocycles. The Morgan fingerprint density at radius 1 is 1.21 bits per heavy atom. The van der Waals surface area contributed by atoms with Crippen LogP contribution in [-0.4, -0.2) is 55.5 Å². The summed E-state index contributed by atoms with van der Waals surface area (Å²) in [5, 5.41) is 9.10. The maximum absolute atomic E-state index is 12.7. The van der Waals surface area contributed by atoms with Gasteiger partial charge in [-0.3, -0.25) is 4.79 Å². The highest BCUT2D eigenvalue weighted by atomic mass is 32.2. The first kappa shape index (κ1) is 17.5. The Hall–Kier alpha value is -2.81. The lowest BCUT2D eigenvalue weighted by molar-refractivity contribution is 0.0688. The number of hydrogen-bond acceptors (Lipinski definition) is 5. The van der Waals surface area contributed by atoms with E-state index < -0.39 is 27.6 Å². The molecule has 1 amide bonds. The second kappa shape index (κ2) is 6.36. The SMILES string of the molecule is COc1ccc(S(=O)(=O)n2cccc2C(=O)O)cc1C(=O)N(C)C. The van der Waals surface area contributed by atoms with Crippen LogP contribution in [0, 0.1) is 0 Å². The molecule has 1 aromatic heterocycles. The lowest BCUT2D eigenvalue weighted by atomic mass is 10.2. The van der Waals surface area contributed by atoms with Crippen LogP contribution in [0.25, 0.3) is 0 Å². The first-order valence-corrected chi connectivity index (χ1v) is 8.20. The predicted molar refractivity (Wildman–Crippen MR) is 85.0 cm³/mol. The van der Waals surface area contributed by atoms with Gasteiger partial charge in [-0.15, -0.1) is 0 Å². The maximum atomic E-state index is 12.7. The summed E-state index contributed by atoms with van der Waals surface area (Å²) in [4.78, 5) is 24.4. The Balaban J connectivity index is 2.64. The van der Waals surface area contributed by atoms with Gasteiger partial charge in [0.2, 0.25) is 0 Å². The van der Waals surface area contributed by atoms with Crippen LogP contribution in [0.15, 0.2) is 41.4 Å². The number of amides is 1. The minimum Gasteiger partial charge on any atom is -0.496 e. The van der Waals surface area contributed by atoms with Gasteiger partial charge in [0.25, 0.3) is 15.9 Å². The number of benzene rings is 1. The van der Waals surface area contributed by atoms with E-state index in [4.69, 9.17) is 9.84 Å². The van der Waals surface area contributed by atoms with Crippen LogP contribution in [0.3, 0.4) is 0 Å². The highest BCUT2D eigenvalue weighted by molar-refractivity contribution is 7.90. The van der Waals surface area contributed by atoms with E-state index in [0.29, 0.717) is 3.97 Å². The van der Waals surface area contributed by atoms with Gasteiger partial charge >= 0.3 is 5.97 Å². The van der Waals surface area contributed by atoms with Crippen LogP contribution in [0.1, 0.15) is 20.8 Å². The summed E-state index contributed by atoms with van der Waals surface area (Å²) >= 11 is 0. The molecule has 1 heterocycles. The molecule has 0 aliphatic carbocycles. The number of rotatable bonds is 5. The molecule has 9 heteroatoms. The van der Waals surface area contributed by atoms with E-state index in [0.717, 1.165) is 6.20 Å². The third-order valence-electron chi connectivity index (χ3n) is 3.30. The third-order valence-corrected chi connectivity index (χ3v) is 4.98. The molecule has 1 aromatic carbocycles. The zero-order valence-corrected chi connectivity index (χ0v) is 14.1. The third kappa shape index (κ3) is 2.98. The molecular formula is C15H16N2O6S. The van der Waals surface area contributed by atoms with Crippen molar-refractivity contribution in [1.29, 1.82) is 0 Å². The van der Waals surface area contributed by atoms with E-state index in [-0.39, 0.29) is 16.2 Å². The van der Waals surface area contributed by atoms with E-state index >= 15 is 0 Å². The monoisotopic (exact) mass is 352 g/mol. The summed E-state index contributed by atoms with van der Waals surface area (Å²) < 4.78 is 31.1. The number of ether oxygens (including phenoxy) is 1. The van der Waals surface area contributed by atoms with E-state index in [9.17, 15) is 18.0 Å². The zero-order chi connectivity index (χ0) is 18.1. The summed E-state index contributed by atoms with van der Waals surface area (Å²) in [6.45, 7) is 0. The summed E-state index contributed by atoms with van der Waals surface area (Å²) in [6.07, 6.45) is 1.14. The quantitative estimate of drug-likeness (QED) is 0.865. The summed E-state index contributed by atoms with van der Waals surface area (Å²) in [5.41, 5.74) is -0.334. The minimum absolute atomic E-state index is 0.0626. The largest absolute Gasteiger partial charge is 0.496 e. The molecule has 0 saturated carbocycles. The molecule has 0 aliphatic rings. The molecule has 0 fully saturated rings. The second-order valence-electron chi connectivity index (χ2n) is 5.06. The molecular weight excluding hydrogens is 336 g/mol. The van der Waals surface area contributed by atoms with Crippen LogP contribution in [0.4, 0.5) is 0 Å². The van der Waals surface area contributed by atoms with Gasteiger partial charge in [0.05, 0.1) is 17.6 Å². The molecule has 8 nitrogen and oxygen atoms in total. The zero-order valence-electron chi connectivity index (χ0n) is 13.3. The van der Waals surface area contributed by atoms with Crippen molar-refractivity contribution in [2.24, 2.45) is 0 Å². The highest BCUT2D eigenvalue weighted by Gasteiger charge is 2.25. The van der Waals surface area contributed by atoms with Crippen molar-refractivity contribution >= 4 is 21.9 Å². The van der Waals surface area contributed by atoms with E-state index in [1.54, 1.807) is 0 Å². The van der Waals surface area contributed by atoms with Gasteiger partial charge < -0.3 is 14.7 Å². The Morgan fingerprint density at radius 3 is 2.42 bits per heavy atom. The van der Waals surface area contributed by atoms with Gasteiger partial charge in [0, 0.05) is 20.3 Å². The topological polar surface area (TPSA) is 106 Å². The number of carbonyl (C=O) groups is 2. The number of aromatic nitrogens is 1. The van der Waals surface area contributed by atoms with Gasteiger partial charge in [0.15, 0.2) is 0 Å². The molecule has 0 radical (unpaired) electrons. The Morgan fingerprint density at radius 2 is 1.88 bits per heavy atom. The molecule has 0 atom stereocenters. The van der Waals surface area contributed by atoms with Crippen molar-refractivity contribution in [3.63, 3.8) is 0 Å². The van der Waals surface area contributed by atoms with E-state index in [1.165, 1.54) is 56.4 Å². The van der Waals surface area contributed by atoms with Gasteiger partial charge in [-0.2, -0.15) is 0 Å². The minimum atomic E-state index is -4.17. The van der Waals surface area contributed by atoms with Crippen molar-refractivity contribution in [1.82, 2.24) is 8.87 Å². The highest BCUT2D eigenvalue weighted by Crippen LogP contribution is 2.25. The number of aromatic carboxylic acids is 1. The van der Waals surface area contributed by atoms with Crippen LogP contribution in [0.2, 0.25) is 0 Å². The lowest BCUT2D eigenvalue weighted by Crippen LogP contribution is -2.23. The molecule has 0 unspecified atom stereocenters. The Bertz CT molecular complexity index is 898. The average Bonchev–Trinajstić information content (AvgIpc) is 3.04. The van der Waals surface area contributed by atoms with Crippen molar-refractivity contribution < 1.29 is 27.9 Å². The fraction of sp³-hybridized carbons (Fsp3) is 0.200. The number of carbonyl (C=O) groups excluding carboxylic acids is 1. The van der Waals surface area contributed by atoms with Crippen molar-refractivity contribution in [2.45, 2.75) is 4.90 Å². The second-order valence-corrected chi connectivity index (χ2v) is 6.88. The molecule has 2 aromatic rings. The molecule has 1 N–H and O–H groups in total. The Kier molecular flexibility index (Phi) is 4.65. The van der Waals surface area contributed by atoms with Crippen molar-refractivity contribution in [2.75, 3.05) is 21.2 Å². The van der Waals surface area contributed by atoms with Gasteiger partial charge in [-0.05, 0) is 30.3 Å². The standard InChI is InChI=1S/C15H16N2O6S/c1-16(2)14(18)11-9-10(6-7-13(11)23-3)24(21,22)17-8-4-5-12(17)15(19)20/h4-9H,1-3H3,(H,19,20). The van der Waals surface area contributed by atoms with Crippen molar-refractivity contribution in [3.8, 4) is 5.75 Å². The fourth-order valence-electron chi connectivity index (χ4n) is 2.11. The lowest BCUT2D eigenvalue weighted by Gasteiger charge is -2.15. The molecule has 128 valence electrons.